The van der Waals surface area contributed by atoms with E-state index >= 15 is 0 Å². The number of benzene rings is 2. The molecule has 0 aliphatic heterocycles. The van der Waals surface area contributed by atoms with Crippen LogP contribution < -0.4 is 0 Å². The minimum atomic E-state index is -0.331. The van der Waals surface area contributed by atoms with Crippen molar-refractivity contribution in [3.8, 4) is 11.5 Å². The molecule has 0 amide bonds. The fraction of sp³-hybridized carbons (Fsp3) is 0.214. The quantitative estimate of drug-likeness (QED) is 0.267. The molecule has 2 aliphatic rings. The molecular weight excluding hydrogens is 526 g/mol. The molecule has 2 aromatic carbocycles. The first-order valence-electron chi connectivity index (χ1n) is 9.92. The van der Waals surface area contributed by atoms with Crippen LogP contribution in [-0.4, -0.2) is 17.1 Å². The van der Waals surface area contributed by atoms with Gasteiger partial charge in [0.1, 0.15) is 23.1 Å². The number of aromatic hydroxyl groups is 2. The maximum absolute atomic E-state index is 12.0. The second-order valence-electron chi connectivity index (χ2n) is 7.42. The number of rotatable bonds is 0. The molecule has 2 nitrogen and oxygen atoms in total. The summed E-state index contributed by atoms with van der Waals surface area (Å²) in [5.74, 6) is -0.483. The molecule has 186 valence electrons. The standard InChI is InChI=1S/C9H13.2C6H5FO.C5H5.2CH3.H2Si.Zr/c1-9(2,3)8-6-4-5-7-8;2*7-5-1-3-6(8)4-2-5;1-2-4-5-3-1;;;;/h6-7H,4H2,1-3H3;2*1-4,8H;1-3H,4H2;2*1H3;1H2;/q-1;;;3*-1;;. The average Bonchev–Trinajstić information content (AvgIpc) is 3.51. The van der Waals surface area contributed by atoms with Crippen LogP contribution in [-0.2, 0) is 23.3 Å². The van der Waals surface area contributed by atoms with Crippen LogP contribution in [0.1, 0.15) is 33.6 Å². The number of phenolic OH excluding ortho intramolecular Hbond substituents is 2. The van der Waals surface area contributed by atoms with E-state index in [4.69, 9.17) is 10.2 Å². The molecule has 0 bridgehead atoms. The Labute approximate surface area is 222 Å². The Morgan fingerprint density at radius 3 is 1.41 bits per heavy atom. The third-order valence-electron chi connectivity index (χ3n) is 3.80. The van der Waals surface area contributed by atoms with Gasteiger partial charge in [0.2, 0.25) is 0 Å². The molecule has 0 unspecified atom stereocenters. The zero-order valence-corrected chi connectivity index (χ0v) is 24.6. The summed E-state index contributed by atoms with van der Waals surface area (Å²) in [6, 6.07) is 10.0. The normalized spacial score (nSPS) is 11.8. The number of phenols is 2. The Bertz CT molecular complexity index is 787. The maximum atomic E-state index is 12.0. The first-order valence-corrected chi connectivity index (χ1v) is 15.8. The fourth-order valence-corrected chi connectivity index (χ4v) is 2.14. The van der Waals surface area contributed by atoms with Gasteiger partial charge in [-0.2, -0.15) is 17.7 Å². The summed E-state index contributed by atoms with van der Waals surface area (Å²) in [6.07, 6.45) is 18.5. The van der Waals surface area contributed by atoms with Crippen LogP contribution in [0, 0.1) is 44.1 Å². The summed E-state index contributed by atoms with van der Waals surface area (Å²) in [5.41, 5.74) is 1.74. The summed E-state index contributed by atoms with van der Waals surface area (Å²) in [6.45, 7) is 8.62. The number of halogens is 2. The predicted molar refractivity (Wildman–Crippen MR) is 139 cm³/mol. The van der Waals surface area contributed by atoms with Gasteiger partial charge in [-0.3, -0.25) is 12.2 Å². The molecule has 0 atom stereocenters. The number of allylic oxidation sites excluding steroid dienone is 8. The zero-order valence-electron chi connectivity index (χ0n) is 20.8. The molecule has 0 spiro atoms. The van der Waals surface area contributed by atoms with E-state index in [1.165, 1.54) is 54.1 Å². The second-order valence-corrected chi connectivity index (χ2v) is 7.42. The zero-order chi connectivity index (χ0) is 24.4. The third-order valence-corrected chi connectivity index (χ3v) is 3.80. The molecule has 2 aromatic rings. The Kier molecular flexibility index (Phi) is 23.1. The summed E-state index contributed by atoms with van der Waals surface area (Å²) in [7, 11) is 0. The van der Waals surface area contributed by atoms with Crippen LogP contribution in [0.5, 0.6) is 11.5 Å². The summed E-state index contributed by atoms with van der Waals surface area (Å²) < 4.78 is 24.0. The summed E-state index contributed by atoms with van der Waals surface area (Å²) in [5, 5.41) is 17.2. The first-order chi connectivity index (χ1) is 15.2. The van der Waals surface area contributed by atoms with Crippen LogP contribution >= 0.6 is 0 Å². The summed E-state index contributed by atoms with van der Waals surface area (Å²) >= 11 is 1.58. The molecule has 4 rings (SSSR count). The number of hydrogen-bond acceptors (Lipinski definition) is 2. The van der Waals surface area contributed by atoms with Crippen LogP contribution in [0.15, 0.2) is 84.5 Å². The van der Waals surface area contributed by atoms with Crippen molar-refractivity contribution in [2.45, 2.75) is 33.6 Å². The van der Waals surface area contributed by atoms with Gasteiger partial charge in [-0.25, -0.2) is 27.0 Å². The van der Waals surface area contributed by atoms with E-state index in [9.17, 15) is 8.78 Å². The second kappa shape index (κ2) is 21.5. The van der Waals surface area contributed by atoms with Crippen molar-refractivity contribution in [3.05, 3.63) is 123 Å². The van der Waals surface area contributed by atoms with Crippen molar-refractivity contribution >= 4 is 6.88 Å². The van der Waals surface area contributed by atoms with Crippen molar-refractivity contribution in [1.29, 1.82) is 0 Å². The van der Waals surface area contributed by atoms with Gasteiger partial charge in [-0.15, -0.1) is 12.8 Å². The molecule has 0 radical (unpaired) electrons. The molecule has 0 heterocycles. The van der Waals surface area contributed by atoms with E-state index in [0.29, 0.717) is 5.41 Å². The molecule has 0 fully saturated rings. The van der Waals surface area contributed by atoms with E-state index in [2.05, 4.69) is 51.2 Å². The monoisotopic (exact) mass is 560 g/mol. The van der Waals surface area contributed by atoms with Crippen LogP contribution in [0.25, 0.3) is 0 Å². The molecular formula is C28H36F2O2SiZr-4. The van der Waals surface area contributed by atoms with Crippen molar-refractivity contribution in [2.24, 2.45) is 5.41 Å². The molecule has 0 saturated heterocycles. The van der Waals surface area contributed by atoms with E-state index in [1.54, 1.807) is 23.3 Å². The SMILES string of the molecule is CC(C)(C)C1=CC[C-]=C1.Oc1ccc(F)cc1.Oc1ccc(F)cc1.[C-]1=CC=CC1.[CH3-].[CH3-].[SiH2]=[Zr]. The van der Waals surface area contributed by atoms with Gasteiger partial charge in [0.25, 0.3) is 0 Å². The molecule has 34 heavy (non-hydrogen) atoms. The van der Waals surface area contributed by atoms with Crippen LogP contribution in [0.4, 0.5) is 8.78 Å². The van der Waals surface area contributed by atoms with Crippen LogP contribution in [0.2, 0.25) is 0 Å². The Hall–Kier alpha value is -2.04. The Morgan fingerprint density at radius 1 is 0.794 bits per heavy atom. The van der Waals surface area contributed by atoms with Gasteiger partial charge >= 0.3 is 30.2 Å². The van der Waals surface area contributed by atoms with Crippen molar-refractivity contribution < 1.29 is 42.3 Å². The van der Waals surface area contributed by atoms with Gasteiger partial charge in [0.05, 0.1) is 0 Å². The summed E-state index contributed by atoms with van der Waals surface area (Å²) in [4.78, 5) is 0. The predicted octanol–water partition coefficient (Wildman–Crippen LogP) is 7.07. The minimum absolute atomic E-state index is 0. The van der Waals surface area contributed by atoms with Crippen molar-refractivity contribution in [1.82, 2.24) is 0 Å². The average molecular weight is 562 g/mol. The van der Waals surface area contributed by atoms with Crippen LogP contribution in [0.3, 0.4) is 0 Å². The van der Waals surface area contributed by atoms with E-state index in [-0.39, 0.29) is 38.0 Å². The molecule has 0 aromatic heterocycles. The van der Waals surface area contributed by atoms with E-state index in [0.717, 1.165) is 12.8 Å². The van der Waals surface area contributed by atoms with E-state index in [1.807, 2.05) is 19.0 Å². The van der Waals surface area contributed by atoms with Gasteiger partial charge in [-0.05, 0) is 48.5 Å². The topological polar surface area (TPSA) is 40.5 Å². The molecule has 6 heteroatoms. The fourth-order valence-electron chi connectivity index (χ4n) is 2.14. The van der Waals surface area contributed by atoms with Gasteiger partial charge < -0.3 is 25.1 Å². The third kappa shape index (κ3) is 19.4. The molecule has 2 aliphatic carbocycles. The Morgan fingerprint density at radius 2 is 1.24 bits per heavy atom. The first kappa shape index (κ1) is 36.5. The van der Waals surface area contributed by atoms with E-state index < -0.39 is 0 Å². The van der Waals surface area contributed by atoms with Crippen molar-refractivity contribution in [2.75, 3.05) is 0 Å². The van der Waals surface area contributed by atoms with Crippen molar-refractivity contribution in [3.63, 3.8) is 0 Å². The number of hydrogen-bond donors (Lipinski definition) is 2. The molecule has 2 N–H and O–H groups in total. The molecule has 0 saturated carbocycles. The van der Waals surface area contributed by atoms with Gasteiger partial charge in [0.15, 0.2) is 0 Å². The van der Waals surface area contributed by atoms with Gasteiger partial charge in [-0.1, -0.05) is 26.2 Å². The van der Waals surface area contributed by atoms with Gasteiger partial charge in [0, 0.05) is 0 Å². The Balaban J connectivity index is -0.000000366.